The van der Waals surface area contributed by atoms with Gasteiger partial charge in [0, 0.05) is 30.1 Å². The minimum Gasteiger partial charge on any atom is -0.357 e. The van der Waals surface area contributed by atoms with Crippen LogP contribution in [0.1, 0.15) is 36.2 Å². The molecule has 2 N–H and O–H groups in total. The number of benzene rings is 1. The van der Waals surface area contributed by atoms with E-state index >= 15 is 0 Å². The van der Waals surface area contributed by atoms with Gasteiger partial charge in [0.2, 0.25) is 0 Å². The molecule has 1 atom stereocenters. The van der Waals surface area contributed by atoms with Crippen LogP contribution in [0.3, 0.4) is 0 Å². The van der Waals surface area contributed by atoms with Crippen LogP contribution in [0.15, 0.2) is 46.8 Å². The Morgan fingerprint density at radius 2 is 2.07 bits per heavy atom. The molecule has 0 bridgehead atoms. The minimum absolute atomic E-state index is 0. The first kappa shape index (κ1) is 23.6. The van der Waals surface area contributed by atoms with Crippen molar-refractivity contribution in [2.45, 2.75) is 32.4 Å². The number of likely N-dealkylation sites (tertiary alicyclic amines) is 1. The molecule has 7 nitrogen and oxygen atoms in total. The van der Waals surface area contributed by atoms with Gasteiger partial charge in [-0.3, -0.25) is 15.0 Å². The first-order valence-electron chi connectivity index (χ1n) is 9.70. The van der Waals surface area contributed by atoms with Crippen LogP contribution in [-0.4, -0.2) is 42.0 Å². The maximum Gasteiger partial charge on any atom is 0.269 e. The van der Waals surface area contributed by atoms with Crippen molar-refractivity contribution in [1.82, 2.24) is 15.5 Å². The quantitative estimate of drug-likeness (QED) is 0.176. The highest BCUT2D eigenvalue weighted by Crippen LogP contribution is 2.27. The molecule has 2 heterocycles. The summed E-state index contributed by atoms with van der Waals surface area (Å²) in [6.45, 7) is 6.22. The number of guanidine groups is 1. The smallest absolute Gasteiger partial charge is 0.269 e. The molecule has 1 fully saturated rings. The maximum absolute atomic E-state index is 11.0. The third-order valence-corrected chi connectivity index (χ3v) is 5.77. The summed E-state index contributed by atoms with van der Waals surface area (Å²) in [4.78, 5) is 19.1. The Morgan fingerprint density at radius 3 is 2.72 bits per heavy atom. The van der Waals surface area contributed by atoms with E-state index < -0.39 is 0 Å². The van der Waals surface area contributed by atoms with E-state index in [-0.39, 0.29) is 34.6 Å². The second kappa shape index (κ2) is 12.1. The minimum atomic E-state index is -0.377. The average Bonchev–Trinajstić information content (AvgIpc) is 3.41. The first-order chi connectivity index (χ1) is 13.7. The number of hydrogen-bond acceptors (Lipinski definition) is 5. The lowest BCUT2D eigenvalue weighted by molar-refractivity contribution is -0.384. The lowest BCUT2D eigenvalue weighted by Crippen LogP contribution is -2.42. The molecule has 1 saturated heterocycles. The molecule has 1 aromatic carbocycles. The lowest BCUT2D eigenvalue weighted by Gasteiger charge is -2.27. The standard InChI is InChI=1S/C20H27N5O2S.HI/c1-2-21-20(22-14-16-7-5-8-17(13-16)25(26)27)23-15-18(19-9-6-12-28-19)24-10-3-4-11-24;/h5-9,12-13,18H,2-4,10-11,14-15H2,1H3,(H2,21,22,23);1H. The van der Waals surface area contributed by atoms with E-state index in [1.165, 1.54) is 23.8 Å². The number of rotatable bonds is 8. The zero-order valence-corrected chi connectivity index (χ0v) is 19.7. The van der Waals surface area contributed by atoms with Crippen LogP contribution in [0.5, 0.6) is 0 Å². The molecule has 0 spiro atoms. The van der Waals surface area contributed by atoms with Crippen molar-refractivity contribution in [3.05, 3.63) is 62.3 Å². The predicted molar refractivity (Wildman–Crippen MR) is 129 cm³/mol. The van der Waals surface area contributed by atoms with Crippen LogP contribution < -0.4 is 10.6 Å². The number of halogens is 1. The van der Waals surface area contributed by atoms with Crippen molar-refractivity contribution in [2.24, 2.45) is 4.99 Å². The summed E-state index contributed by atoms with van der Waals surface area (Å²) in [5, 5.41) is 19.8. The van der Waals surface area contributed by atoms with Crippen molar-refractivity contribution in [3.8, 4) is 0 Å². The Labute approximate surface area is 192 Å². The van der Waals surface area contributed by atoms with E-state index in [4.69, 9.17) is 0 Å². The Hall–Kier alpha value is -1.72. The Bertz CT molecular complexity index is 794. The van der Waals surface area contributed by atoms with Gasteiger partial charge in [-0.2, -0.15) is 0 Å². The number of non-ortho nitro benzene ring substituents is 1. The van der Waals surface area contributed by atoms with Gasteiger partial charge < -0.3 is 10.6 Å². The van der Waals surface area contributed by atoms with Gasteiger partial charge in [-0.15, -0.1) is 35.3 Å². The number of nitro groups is 1. The fourth-order valence-corrected chi connectivity index (χ4v) is 4.28. The fourth-order valence-electron chi connectivity index (χ4n) is 3.42. The highest BCUT2D eigenvalue weighted by molar-refractivity contribution is 14.0. The van der Waals surface area contributed by atoms with Crippen LogP contribution in [-0.2, 0) is 6.54 Å². The molecule has 3 rings (SSSR count). The van der Waals surface area contributed by atoms with Crippen molar-refractivity contribution >= 4 is 47.0 Å². The largest absolute Gasteiger partial charge is 0.357 e. The summed E-state index contributed by atoms with van der Waals surface area (Å²) in [7, 11) is 0. The molecule has 1 aliphatic heterocycles. The van der Waals surface area contributed by atoms with Gasteiger partial charge in [-0.25, -0.2) is 4.99 Å². The van der Waals surface area contributed by atoms with Crippen LogP contribution >= 0.6 is 35.3 Å². The SMILES string of the molecule is CCNC(=NCc1cccc([N+](=O)[O-])c1)NCC(c1cccs1)N1CCCC1.I. The van der Waals surface area contributed by atoms with E-state index in [9.17, 15) is 10.1 Å². The van der Waals surface area contributed by atoms with Crippen molar-refractivity contribution in [2.75, 3.05) is 26.2 Å². The van der Waals surface area contributed by atoms with E-state index in [0.29, 0.717) is 12.6 Å². The molecule has 1 aliphatic rings. The maximum atomic E-state index is 11.0. The zero-order valence-electron chi connectivity index (χ0n) is 16.5. The Balaban J connectivity index is 0.00000300. The molecule has 0 saturated carbocycles. The van der Waals surface area contributed by atoms with Gasteiger partial charge in [0.1, 0.15) is 0 Å². The first-order valence-corrected chi connectivity index (χ1v) is 10.6. The molecular weight excluding hydrogens is 501 g/mol. The van der Waals surface area contributed by atoms with Crippen molar-refractivity contribution in [1.29, 1.82) is 0 Å². The molecule has 1 unspecified atom stereocenters. The molecule has 0 amide bonds. The average molecular weight is 529 g/mol. The van der Waals surface area contributed by atoms with Gasteiger partial charge in [-0.1, -0.05) is 18.2 Å². The highest BCUT2D eigenvalue weighted by atomic mass is 127. The number of thiophene rings is 1. The lowest BCUT2D eigenvalue weighted by atomic mass is 10.2. The van der Waals surface area contributed by atoms with Gasteiger partial charge in [0.25, 0.3) is 5.69 Å². The Morgan fingerprint density at radius 1 is 1.28 bits per heavy atom. The predicted octanol–water partition coefficient (Wildman–Crippen LogP) is 4.17. The second-order valence-electron chi connectivity index (χ2n) is 6.78. The molecule has 0 radical (unpaired) electrons. The number of aliphatic imine (C=N–C) groups is 1. The van der Waals surface area contributed by atoms with Crippen LogP contribution in [0.2, 0.25) is 0 Å². The van der Waals surface area contributed by atoms with Gasteiger partial charge in [-0.05, 0) is 49.9 Å². The third-order valence-electron chi connectivity index (χ3n) is 4.80. The van der Waals surface area contributed by atoms with Gasteiger partial charge >= 0.3 is 0 Å². The Kier molecular flexibility index (Phi) is 9.82. The van der Waals surface area contributed by atoms with Crippen LogP contribution in [0, 0.1) is 10.1 Å². The number of nitro benzene ring substituents is 1. The molecule has 1 aromatic heterocycles. The summed E-state index contributed by atoms with van der Waals surface area (Å²) in [6.07, 6.45) is 2.51. The second-order valence-corrected chi connectivity index (χ2v) is 7.76. The topological polar surface area (TPSA) is 82.8 Å². The van der Waals surface area contributed by atoms with Crippen LogP contribution in [0.4, 0.5) is 5.69 Å². The van der Waals surface area contributed by atoms with E-state index in [1.807, 2.05) is 13.0 Å². The van der Waals surface area contributed by atoms with E-state index in [1.54, 1.807) is 23.5 Å². The molecule has 2 aromatic rings. The summed E-state index contributed by atoms with van der Waals surface area (Å²) < 4.78 is 0. The molecular formula is C20H28IN5O2S. The molecule has 158 valence electrons. The van der Waals surface area contributed by atoms with Crippen molar-refractivity contribution < 1.29 is 4.92 Å². The highest BCUT2D eigenvalue weighted by Gasteiger charge is 2.24. The fraction of sp³-hybridized carbons (Fsp3) is 0.450. The summed E-state index contributed by atoms with van der Waals surface area (Å²) in [6, 6.07) is 11.3. The normalized spacial score (nSPS) is 15.6. The summed E-state index contributed by atoms with van der Waals surface area (Å²) in [5.74, 6) is 0.731. The summed E-state index contributed by atoms with van der Waals surface area (Å²) >= 11 is 1.79. The number of nitrogens with zero attached hydrogens (tertiary/aromatic N) is 3. The van der Waals surface area contributed by atoms with E-state index in [2.05, 4.69) is 38.0 Å². The van der Waals surface area contributed by atoms with Gasteiger partial charge in [0.05, 0.1) is 17.5 Å². The number of nitrogens with one attached hydrogen (secondary N) is 2. The summed E-state index contributed by atoms with van der Waals surface area (Å²) in [5.41, 5.74) is 0.915. The van der Waals surface area contributed by atoms with Gasteiger partial charge in [0.15, 0.2) is 5.96 Å². The molecule has 9 heteroatoms. The molecule has 29 heavy (non-hydrogen) atoms. The van der Waals surface area contributed by atoms with Crippen LogP contribution in [0.25, 0.3) is 0 Å². The van der Waals surface area contributed by atoms with E-state index in [0.717, 1.165) is 37.7 Å². The monoisotopic (exact) mass is 529 g/mol. The zero-order chi connectivity index (χ0) is 19.8. The number of hydrogen-bond donors (Lipinski definition) is 2. The third kappa shape index (κ3) is 6.93. The van der Waals surface area contributed by atoms with Crippen molar-refractivity contribution in [3.63, 3.8) is 0 Å². The molecule has 0 aliphatic carbocycles.